The normalized spacial score (nSPS) is 31.8. The van der Waals surface area contributed by atoms with Gasteiger partial charge in [0.25, 0.3) is 0 Å². The van der Waals surface area contributed by atoms with Crippen molar-refractivity contribution < 1.29 is 23.9 Å². The molecule has 7 nitrogen and oxygen atoms in total. The highest BCUT2D eigenvalue weighted by atomic mass is 79.9. The number of imide groups is 1. The SMILES string of the molecule is CC(C)COC(=O)c1ccc(NC(=O)[C@H](C)N2C(=O)[C@@H]3[C@H]4C[C@@H]([C@H](Br)[C@@H]4Br)[C@@H]3C2=O)cc1. The molecule has 1 aromatic carbocycles. The van der Waals surface area contributed by atoms with E-state index in [1.165, 1.54) is 0 Å². The number of likely N-dealkylation sites (tertiary alicyclic amines) is 1. The maximum Gasteiger partial charge on any atom is 0.338 e. The van der Waals surface area contributed by atoms with Crippen molar-refractivity contribution in [2.75, 3.05) is 11.9 Å². The van der Waals surface area contributed by atoms with Gasteiger partial charge in [0.1, 0.15) is 6.04 Å². The number of hydrogen-bond acceptors (Lipinski definition) is 5. The number of carbonyl (C=O) groups excluding carboxylic acids is 4. The quantitative estimate of drug-likeness (QED) is 0.321. The summed E-state index contributed by atoms with van der Waals surface area (Å²) < 4.78 is 5.20. The molecule has 32 heavy (non-hydrogen) atoms. The van der Waals surface area contributed by atoms with Crippen LogP contribution in [0.2, 0.25) is 0 Å². The molecule has 3 aliphatic rings. The van der Waals surface area contributed by atoms with Crippen molar-refractivity contribution in [2.24, 2.45) is 29.6 Å². The Balaban J connectivity index is 1.41. The highest BCUT2D eigenvalue weighted by molar-refractivity contribution is 9.12. The molecule has 0 aromatic heterocycles. The average molecular weight is 570 g/mol. The summed E-state index contributed by atoms with van der Waals surface area (Å²) in [7, 11) is 0. The van der Waals surface area contributed by atoms with Crippen LogP contribution in [0.15, 0.2) is 24.3 Å². The minimum absolute atomic E-state index is 0.106. The summed E-state index contributed by atoms with van der Waals surface area (Å²) in [5.41, 5.74) is 0.862. The zero-order chi connectivity index (χ0) is 23.3. The molecule has 3 amide bonds. The van der Waals surface area contributed by atoms with Gasteiger partial charge in [0, 0.05) is 15.3 Å². The second kappa shape index (κ2) is 8.89. The third-order valence-electron chi connectivity index (χ3n) is 6.72. The van der Waals surface area contributed by atoms with Crippen molar-refractivity contribution in [2.45, 2.75) is 42.9 Å². The van der Waals surface area contributed by atoms with E-state index in [1.54, 1.807) is 31.2 Å². The minimum atomic E-state index is -0.918. The molecule has 3 fully saturated rings. The molecule has 1 saturated heterocycles. The van der Waals surface area contributed by atoms with Crippen LogP contribution in [-0.4, -0.2) is 50.9 Å². The molecular formula is C23H26Br2N2O5. The Morgan fingerprint density at radius 3 is 2.06 bits per heavy atom. The lowest BCUT2D eigenvalue weighted by molar-refractivity contribution is -0.146. The second-order valence-corrected chi connectivity index (χ2v) is 11.4. The molecule has 2 bridgehead atoms. The largest absolute Gasteiger partial charge is 0.462 e. The molecule has 1 heterocycles. The molecule has 0 spiro atoms. The Kier molecular flexibility index (Phi) is 6.51. The summed E-state index contributed by atoms with van der Waals surface area (Å²) in [5, 5.41) is 2.74. The first-order valence-corrected chi connectivity index (χ1v) is 12.7. The molecule has 172 valence electrons. The van der Waals surface area contributed by atoms with Gasteiger partial charge in [-0.05, 0) is 55.4 Å². The number of anilines is 1. The molecule has 2 saturated carbocycles. The number of fused-ring (bicyclic) bond motifs is 5. The maximum absolute atomic E-state index is 13.1. The van der Waals surface area contributed by atoms with Crippen LogP contribution in [-0.2, 0) is 19.1 Å². The first-order chi connectivity index (χ1) is 15.1. The van der Waals surface area contributed by atoms with Gasteiger partial charge >= 0.3 is 5.97 Å². The molecule has 2 aliphatic carbocycles. The third kappa shape index (κ3) is 3.91. The first-order valence-electron chi connectivity index (χ1n) is 10.8. The van der Waals surface area contributed by atoms with Crippen molar-refractivity contribution in [3.05, 3.63) is 29.8 Å². The predicted octanol–water partition coefficient (Wildman–Crippen LogP) is 3.60. The van der Waals surface area contributed by atoms with Gasteiger partial charge < -0.3 is 10.1 Å². The first kappa shape index (κ1) is 23.4. The number of amides is 3. The van der Waals surface area contributed by atoms with E-state index in [4.69, 9.17) is 4.74 Å². The molecule has 4 rings (SSSR count). The fraction of sp³-hybridized carbons (Fsp3) is 0.565. The van der Waals surface area contributed by atoms with Gasteiger partial charge in [0.15, 0.2) is 0 Å². The number of hydrogen-bond donors (Lipinski definition) is 1. The van der Waals surface area contributed by atoms with Crippen molar-refractivity contribution in [3.63, 3.8) is 0 Å². The van der Waals surface area contributed by atoms with Crippen LogP contribution in [0.5, 0.6) is 0 Å². The molecular weight excluding hydrogens is 544 g/mol. The zero-order valence-electron chi connectivity index (χ0n) is 18.1. The number of carbonyl (C=O) groups is 4. The number of alkyl halides is 2. The van der Waals surface area contributed by atoms with Gasteiger partial charge in [-0.1, -0.05) is 45.7 Å². The number of halogens is 2. The Labute approximate surface area is 203 Å². The van der Waals surface area contributed by atoms with Gasteiger partial charge in [0.2, 0.25) is 17.7 Å². The zero-order valence-corrected chi connectivity index (χ0v) is 21.3. The van der Waals surface area contributed by atoms with Crippen molar-refractivity contribution >= 4 is 61.2 Å². The monoisotopic (exact) mass is 568 g/mol. The summed E-state index contributed by atoms with van der Waals surface area (Å²) in [5.74, 6) is -1.61. The van der Waals surface area contributed by atoms with Gasteiger partial charge in [-0.25, -0.2) is 4.79 Å². The summed E-state index contributed by atoms with van der Waals surface area (Å²) in [6.07, 6.45) is 0.846. The predicted molar refractivity (Wildman–Crippen MR) is 126 cm³/mol. The number of esters is 1. The molecule has 0 unspecified atom stereocenters. The fourth-order valence-corrected chi connectivity index (χ4v) is 7.01. The second-order valence-electron chi connectivity index (χ2n) is 9.29. The third-order valence-corrected chi connectivity index (χ3v) is 9.93. The highest BCUT2D eigenvalue weighted by Gasteiger charge is 2.67. The smallest absolute Gasteiger partial charge is 0.338 e. The van der Waals surface area contributed by atoms with Crippen LogP contribution in [0.3, 0.4) is 0 Å². The van der Waals surface area contributed by atoms with E-state index in [2.05, 4.69) is 37.2 Å². The van der Waals surface area contributed by atoms with E-state index < -0.39 is 17.9 Å². The summed E-state index contributed by atoms with van der Waals surface area (Å²) in [4.78, 5) is 52.5. The fourth-order valence-electron chi connectivity index (χ4n) is 5.13. The molecule has 0 radical (unpaired) electrons. The number of rotatable bonds is 6. The van der Waals surface area contributed by atoms with E-state index in [1.807, 2.05) is 13.8 Å². The number of nitrogens with zero attached hydrogens (tertiary/aromatic N) is 1. The van der Waals surface area contributed by atoms with Crippen molar-refractivity contribution in [1.29, 1.82) is 0 Å². The Hall–Kier alpha value is -1.74. The van der Waals surface area contributed by atoms with Crippen LogP contribution in [0.4, 0.5) is 5.69 Å². The van der Waals surface area contributed by atoms with E-state index >= 15 is 0 Å². The van der Waals surface area contributed by atoms with Crippen LogP contribution < -0.4 is 5.32 Å². The summed E-state index contributed by atoms with van der Waals surface area (Å²) in [6, 6.07) is 5.43. The molecule has 7 atom stereocenters. The van der Waals surface area contributed by atoms with Gasteiger partial charge in [-0.2, -0.15) is 0 Å². The van der Waals surface area contributed by atoms with Crippen LogP contribution in [0.25, 0.3) is 0 Å². The lowest BCUT2D eigenvalue weighted by Crippen LogP contribution is -2.46. The van der Waals surface area contributed by atoms with Gasteiger partial charge in [-0.3, -0.25) is 19.3 Å². The standard InChI is InChI=1S/C23H26Br2N2O5/c1-10(2)9-32-23(31)12-4-6-13(7-5-12)26-20(28)11(3)27-21(29)16-14-8-15(17(16)22(27)30)19(25)18(14)24/h4-7,10-11,14-19H,8-9H2,1-3H3,(H,26,28)/t11-,14+,15+,16-,17+,18-,19+/m0/s1. The molecule has 1 aromatic rings. The van der Waals surface area contributed by atoms with Crippen molar-refractivity contribution in [1.82, 2.24) is 4.90 Å². The number of benzene rings is 1. The minimum Gasteiger partial charge on any atom is -0.462 e. The van der Waals surface area contributed by atoms with E-state index in [9.17, 15) is 19.2 Å². The van der Waals surface area contributed by atoms with Crippen LogP contribution in [0, 0.1) is 29.6 Å². The number of ether oxygens (including phenoxy) is 1. The molecule has 1 aliphatic heterocycles. The van der Waals surface area contributed by atoms with Crippen molar-refractivity contribution in [3.8, 4) is 0 Å². The van der Waals surface area contributed by atoms with E-state index in [-0.39, 0.29) is 51.1 Å². The lowest BCUT2D eigenvalue weighted by Gasteiger charge is -2.28. The van der Waals surface area contributed by atoms with Crippen LogP contribution >= 0.6 is 31.9 Å². The Morgan fingerprint density at radius 2 is 1.56 bits per heavy atom. The Bertz CT molecular complexity index is 918. The maximum atomic E-state index is 13.1. The molecule has 9 heteroatoms. The van der Waals surface area contributed by atoms with E-state index in [0.29, 0.717) is 17.9 Å². The molecule has 1 N–H and O–H groups in total. The van der Waals surface area contributed by atoms with Gasteiger partial charge in [0.05, 0.1) is 24.0 Å². The summed E-state index contributed by atoms with van der Waals surface area (Å²) in [6.45, 7) is 5.82. The average Bonchev–Trinajstić information content (AvgIpc) is 3.36. The van der Waals surface area contributed by atoms with E-state index in [0.717, 1.165) is 11.3 Å². The van der Waals surface area contributed by atoms with Crippen LogP contribution in [0.1, 0.15) is 37.6 Å². The number of nitrogens with one attached hydrogen (secondary N) is 1. The Morgan fingerprint density at radius 1 is 1.03 bits per heavy atom. The summed E-state index contributed by atoms with van der Waals surface area (Å²) >= 11 is 7.33. The lowest BCUT2D eigenvalue weighted by atomic mass is 9.81. The topological polar surface area (TPSA) is 92.8 Å². The highest BCUT2D eigenvalue weighted by Crippen LogP contribution is 2.60. The van der Waals surface area contributed by atoms with Gasteiger partial charge in [-0.15, -0.1) is 0 Å².